The molecule has 1 aromatic carbocycles. The van der Waals surface area contributed by atoms with Gasteiger partial charge < -0.3 is 19.9 Å². The molecule has 0 aliphatic carbocycles. The van der Waals surface area contributed by atoms with Crippen LogP contribution in [0.4, 0.5) is 10.8 Å². The van der Waals surface area contributed by atoms with E-state index >= 15 is 0 Å². The van der Waals surface area contributed by atoms with Crippen molar-refractivity contribution in [2.24, 2.45) is 5.92 Å². The number of nitrogens with zero attached hydrogens (tertiary/aromatic N) is 4. The van der Waals surface area contributed by atoms with Crippen LogP contribution in [0, 0.1) is 12.8 Å². The minimum Gasteiger partial charge on any atom is -0.378 e. The smallest absolute Gasteiger partial charge is 0.233 e. The second-order valence-corrected chi connectivity index (χ2v) is 9.59. The molecule has 3 amide bonds. The Morgan fingerprint density at radius 1 is 1.23 bits per heavy atom. The number of carbonyl (C=O) groups is 3. The number of morpholine rings is 1. The predicted molar refractivity (Wildman–Crippen MR) is 118 cm³/mol. The molecule has 0 bridgehead atoms. The highest BCUT2D eigenvalue weighted by Crippen LogP contribution is 2.29. The minimum atomic E-state index is -0.447. The summed E-state index contributed by atoms with van der Waals surface area (Å²) in [5.41, 5.74) is 1.91. The lowest BCUT2D eigenvalue weighted by Gasteiger charge is -2.26. The number of aromatic nitrogens is 2. The third kappa shape index (κ3) is 5.41. The molecule has 0 spiro atoms. The maximum absolute atomic E-state index is 12.6. The van der Waals surface area contributed by atoms with E-state index in [1.165, 1.54) is 23.1 Å². The first kappa shape index (κ1) is 21.7. The van der Waals surface area contributed by atoms with Crippen LogP contribution in [-0.2, 0) is 19.1 Å². The Morgan fingerprint density at radius 2 is 1.97 bits per heavy atom. The zero-order valence-corrected chi connectivity index (χ0v) is 18.7. The van der Waals surface area contributed by atoms with E-state index in [1.807, 2.05) is 31.2 Å². The van der Waals surface area contributed by atoms with Gasteiger partial charge in [-0.25, -0.2) is 0 Å². The van der Waals surface area contributed by atoms with E-state index in [4.69, 9.17) is 4.74 Å². The molecule has 2 aliphatic rings. The standard InChI is InChI=1S/C20H23N5O4S2/c1-13-2-4-15(5-3-13)25-11-14(10-16(25)26)18(28)21-19-22-23-20(31-19)30-12-17(27)24-6-8-29-9-7-24/h2-5,14H,6-12H2,1H3,(H,21,22,28)/t14-/m1/s1. The van der Waals surface area contributed by atoms with Gasteiger partial charge in [0.15, 0.2) is 4.34 Å². The van der Waals surface area contributed by atoms with Gasteiger partial charge in [0.25, 0.3) is 0 Å². The third-order valence-electron chi connectivity index (χ3n) is 5.16. The van der Waals surface area contributed by atoms with Gasteiger partial charge in [-0.05, 0) is 19.1 Å². The molecule has 2 aromatic rings. The number of benzene rings is 1. The molecule has 2 saturated heterocycles. The van der Waals surface area contributed by atoms with Crippen molar-refractivity contribution in [2.75, 3.05) is 48.8 Å². The van der Waals surface area contributed by atoms with E-state index < -0.39 is 5.92 Å². The lowest BCUT2D eigenvalue weighted by Crippen LogP contribution is -2.41. The fraction of sp³-hybridized carbons (Fsp3) is 0.450. The zero-order valence-electron chi connectivity index (χ0n) is 17.1. The number of ether oxygens (including phenoxy) is 1. The number of hydrogen-bond donors (Lipinski definition) is 1. The van der Waals surface area contributed by atoms with Crippen molar-refractivity contribution >= 4 is 51.6 Å². The van der Waals surface area contributed by atoms with Crippen LogP contribution in [0.25, 0.3) is 0 Å². The Kier molecular flexibility index (Phi) is 6.83. The molecule has 11 heteroatoms. The molecule has 1 N–H and O–H groups in total. The van der Waals surface area contributed by atoms with Crippen LogP contribution in [0.2, 0.25) is 0 Å². The maximum atomic E-state index is 12.6. The summed E-state index contributed by atoms with van der Waals surface area (Å²) in [6.45, 7) is 4.67. The quantitative estimate of drug-likeness (QED) is 0.517. The molecule has 1 aromatic heterocycles. The number of nitrogens with one attached hydrogen (secondary N) is 1. The lowest BCUT2D eigenvalue weighted by molar-refractivity contribution is -0.132. The van der Waals surface area contributed by atoms with Gasteiger partial charge >= 0.3 is 0 Å². The first-order valence-electron chi connectivity index (χ1n) is 9.99. The summed E-state index contributed by atoms with van der Waals surface area (Å²) in [6, 6.07) is 7.67. The molecule has 164 valence electrons. The summed E-state index contributed by atoms with van der Waals surface area (Å²) in [4.78, 5) is 40.7. The summed E-state index contributed by atoms with van der Waals surface area (Å²) in [5, 5.41) is 11.2. The second kappa shape index (κ2) is 9.75. The number of anilines is 2. The van der Waals surface area contributed by atoms with E-state index in [0.717, 1.165) is 11.3 Å². The summed E-state index contributed by atoms with van der Waals surface area (Å²) < 4.78 is 5.86. The van der Waals surface area contributed by atoms with Gasteiger partial charge in [0.2, 0.25) is 22.9 Å². The molecular weight excluding hydrogens is 438 g/mol. The van der Waals surface area contributed by atoms with Crippen LogP contribution in [0.15, 0.2) is 28.6 Å². The number of hydrogen-bond acceptors (Lipinski definition) is 8. The van der Waals surface area contributed by atoms with Crippen LogP contribution in [0.5, 0.6) is 0 Å². The van der Waals surface area contributed by atoms with E-state index in [-0.39, 0.29) is 29.9 Å². The van der Waals surface area contributed by atoms with Crippen molar-refractivity contribution in [3.8, 4) is 0 Å². The molecule has 1 atom stereocenters. The second-order valence-electron chi connectivity index (χ2n) is 7.39. The summed E-state index contributed by atoms with van der Waals surface area (Å²) in [5.74, 6) is -0.462. The monoisotopic (exact) mass is 461 g/mol. The molecule has 3 heterocycles. The van der Waals surface area contributed by atoms with Crippen LogP contribution < -0.4 is 10.2 Å². The van der Waals surface area contributed by atoms with Gasteiger partial charge in [0.05, 0.1) is 24.9 Å². The highest BCUT2D eigenvalue weighted by molar-refractivity contribution is 8.01. The molecule has 2 fully saturated rings. The summed E-state index contributed by atoms with van der Waals surface area (Å²) in [6.07, 6.45) is 0.161. The lowest BCUT2D eigenvalue weighted by atomic mass is 10.1. The Hall–Kier alpha value is -2.50. The highest BCUT2D eigenvalue weighted by Gasteiger charge is 2.35. The van der Waals surface area contributed by atoms with E-state index in [9.17, 15) is 14.4 Å². The topological polar surface area (TPSA) is 105 Å². The molecule has 0 saturated carbocycles. The molecule has 0 radical (unpaired) electrons. The molecule has 31 heavy (non-hydrogen) atoms. The van der Waals surface area contributed by atoms with Crippen molar-refractivity contribution < 1.29 is 19.1 Å². The predicted octanol–water partition coefficient (Wildman–Crippen LogP) is 1.79. The Balaban J connectivity index is 1.28. The van der Waals surface area contributed by atoms with E-state index in [0.29, 0.717) is 42.3 Å². The molecular formula is C20H23N5O4S2. The van der Waals surface area contributed by atoms with Gasteiger partial charge in [-0.1, -0.05) is 40.8 Å². The van der Waals surface area contributed by atoms with Crippen LogP contribution in [0.1, 0.15) is 12.0 Å². The Bertz CT molecular complexity index is 959. The first-order chi connectivity index (χ1) is 15.0. The van der Waals surface area contributed by atoms with Crippen LogP contribution >= 0.6 is 23.1 Å². The van der Waals surface area contributed by atoms with Crippen molar-refractivity contribution in [1.29, 1.82) is 0 Å². The fourth-order valence-electron chi connectivity index (χ4n) is 3.41. The third-order valence-corrected chi connectivity index (χ3v) is 7.12. The van der Waals surface area contributed by atoms with Gasteiger partial charge in [0.1, 0.15) is 0 Å². The highest BCUT2D eigenvalue weighted by atomic mass is 32.2. The molecule has 9 nitrogen and oxygen atoms in total. The van der Waals surface area contributed by atoms with E-state index in [2.05, 4.69) is 15.5 Å². The largest absolute Gasteiger partial charge is 0.378 e. The number of rotatable bonds is 6. The molecule has 2 aliphatic heterocycles. The van der Waals surface area contributed by atoms with Crippen molar-refractivity contribution in [3.63, 3.8) is 0 Å². The zero-order chi connectivity index (χ0) is 21.8. The normalized spacial score (nSPS) is 19.0. The average molecular weight is 462 g/mol. The SMILES string of the molecule is Cc1ccc(N2C[C@H](C(=O)Nc3nnc(SCC(=O)N4CCOCC4)s3)CC2=O)cc1. The summed E-state index contributed by atoms with van der Waals surface area (Å²) >= 11 is 2.52. The molecule has 0 unspecified atom stereocenters. The van der Waals surface area contributed by atoms with Gasteiger partial charge in [-0.15, -0.1) is 10.2 Å². The van der Waals surface area contributed by atoms with Gasteiger partial charge in [-0.3, -0.25) is 14.4 Å². The maximum Gasteiger partial charge on any atom is 0.233 e. The number of carbonyl (C=O) groups excluding carboxylic acids is 3. The minimum absolute atomic E-state index is 0.0368. The van der Waals surface area contributed by atoms with Crippen LogP contribution in [0.3, 0.4) is 0 Å². The van der Waals surface area contributed by atoms with Crippen molar-refractivity contribution in [2.45, 2.75) is 17.7 Å². The van der Waals surface area contributed by atoms with Gasteiger partial charge in [0, 0.05) is 31.7 Å². The average Bonchev–Trinajstić information content (AvgIpc) is 3.39. The number of amides is 3. The summed E-state index contributed by atoms with van der Waals surface area (Å²) in [7, 11) is 0. The first-order valence-corrected chi connectivity index (χ1v) is 11.8. The number of thioether (sulfide) groups is 1. The Labute approximate surface area is 188 Å². The van der Waals surface area contributed by atoms with Crippen LogP contribution in [-0.4, -0.2) is 71.4 Å². The number of aryl methyl sites for hydroxylation is 1. The van der Waals surface area contributed by atoms with E-state index in [1.54, 1.807) is 9.80 Å². The van der Waals surface area contributed by atoms with Crippen molar-refractivity contribution in [1.82, 2.24) is 15.1 Å². The molecule has 4 rings (SSSR count). The van der Waals surface area contributed by atoms with Gasteiger partial charge in [-0.2, -0.15) is 0 Å². The van der Waals surface area contributed by atoms with Crippen molar-refractivity contribution in [3.05, 3.63) is 29.8 Å². The fourth-order valence-corrected chi connectivity index (χ4v) is 5.07. The Morgan fingerprint density at radius 3 is 2.71 bits per heavy atom.